The molecule has 0 aromatic carbocycles. The number of hydrogen-bond acceptors (Lipinski definition) is 12. The molecule has 0 spiro atoms. The Kier molecular flexibility index (Phi) is 11.6. The van der Waals surface area contributed by atoms with Crippen LogP contribution in [0, 0.1) is 0 Å². The third-order valence-electron chi connectivity index (χ3n) is 5.83. The number of amides is 4. The number of thiazole rings is 2. The molecule has 4 heterocycles. The standard InChI is InChI=1S/C24H26N6O4S6/c31-15(27-21-25-9-13-37-21)7-3-1-5-11-29-19(33)17(39-23(29)35)18-20(34)30(24(36)40-18)12-6-2-4-8-16(32)28-22-26-10-14-38-22/h9-10,13-14H,1-8,11-12H2,(H,25,27,31)(H,26,28,32)/b18-17+. The molecule has 2 saturated heterocycles. The second-order valence-electron chi connectivity index (χ2n) is 8.70. The molecule has 2 aliphatic heterocycles. The van der Waals surface area contributed by atoms with Gasteiger partial charge in [0.05, 0.1) is 9.81 Å². The van der Waals surface area contributed by atoms with Crippen molar-refractivity contribution in [3.05, 3.63) is 33.0 Å². The van der Waals surface area contributed by atoms with Crippen molar-refractivity contribution in [3.8, 4) is 0 Å². The summed E-state index contributed by atoms with van der Waals surface area (Å²) in [5, 5.41) is 10.3. The maximum absolute atomic E-state index is 13.1. The van der Waals surface area contributed by atoms with Crippen LogP contribution in [0.3, 0.4) is 0 Å². The Morgan fingerprint density at radius 3 is 1.50 bits per heavy atom. The Morgan fingerprint density at radius 1 is 0.700 bits per heavy atom. The van der Waals surface area contributed by atoms with E-state index < -0.39 is 0 Å². The van der Waals surface area contributed by atoms with Crippen LogP contribution in [0.5, 0.6) is 0 Å². The molecule has 4 amide bonds. The molecule has 0 unspecified atom stereocenters. The monoisotopic (exact) mass is 654 g/mol. The summed E-state index contributed by atoms with van der Waals surface area (Å²) in [6.07, 6.45) is 8.27. The summed E-state index contributed by atoms with van der Waals surface area (Å²) in [6.45, 7) is 0.859. The van der Waals surface area contributed by atoms with E-state index in [-0.39, 0.29) is 23.6 Å². The number of unbranched alkanes of at least 4 members (excludes halogenated alkanes) is 4. The number of thiocarbonyl (C=S) groups is 2. The predicted molar refractivity (Wildman–Crippen MR) is 169 cm³/mol. The summed E-state index contributed by atoms with van der Waals surface area (Å²) in [4.78, 5) is 61.9. The van der Waals surface area contributed by atoms with E-state index in [1.54, 1.807) is 23.2 Å². The minimum atomic E-state index is -0.275. The molecule has 0 aliphatic carbocycles. The molecule has 2 aliphatic rings. The van der Waals surface area contributed by atoms with Crippen molar-refractivity contribution in [2.75, 3.05) is 23.7 Å². The molecule has 10 nitrogen and oxygen atoms in total. The van der Waals surface area contributed by atoms with E-state index in [1.807, 2.05) is 0 Å². The number of thioether (sulfide) groups is 2. The number of carbonyl (C=O) groups is 4. The third kappa shape index (κ3) is 8.39. The number of aromatic nitrogens is 2. The Morgan fingerprint density at radius 2 is 1.12 bits per heavy atom. The minimum absolute atomic E-state index is 0.0835. The summed E-state index contributed by atoms with van der Waals surface area (Å²) >= 11 is 15.9. The normalized spacial score (nSPS) is 17.3. The highest BCUT2D eigenvalue weighted by Crippen LogP contribution is 2.42. The van der Waals surface area contributed by atoms with Crippen molar-refractivity contribution in [2.45, 2.75) is 51.4 Å². The van der Waals surface area contributed by atoms with Gasteiger partial charge in [0.2, 0.25) is 11.8 Å². The second kappa shape index (κ2) is 15.1. The average Bonchev–Trinajstić information content (AvgIpc) is 3.72. The number of anilines is 2. The average molecular weight is 655 g/mol. The highest BCUT2D eigenvalue weighted by atomic mass is 32.2. The molecule has 16 heteroatoms. The molecule has 4 rings (SSSR count). The maximum atomic E-state index is 13.1. The van der Waals surface area contributed by atoms with Gasteiger partial charge in [-0.15, -0.1) is 22.7 Å². The molecule has 2 N–H and O–H groups in total. The first-order valence-electron chi connectivity index (χ1n) is 12.5. The van der Waals surface area contributed by atoms with Gasteiger partial charge in [-0.3, -0.25) is 29.0 Å². The zero-order valence-electron chi connectivity index (χ0n) is 21.3. The van der Waals surface area contributed by atoms with E-state index in [4.69, 9.17) is 24.4 Å². The van der Waals surface area contributed by atoms with Crippen LogP contribution in [0.2, 0.25) is 0 Å². The fourth-order valence-electron chi connectivity index (χ4n) is 3.85. The fraction of sp³-hybridized carbons (Fsp3) is 0.417. The molecule has 0 radical (unpaired) electrons. The maximum Gasteiger partial charge on any atom is 0.267 e. The van der Waals surface area contributed by atoms with E-state index >= 15 is 0 Å². The zero-order chi connectivity index (χ0) is 28.5. The van der Waals surface area contributed by atoms with Gasteiger partial charge in [0, 0.05) is 49.1 Å². The van der Waals surface area contributed by atoms with Gasteiger partial charge < -0.3 is 10.6 Å². The lowest BCUT2D eigenvalue weighted by Crippen LogP contribution is -2.31. The molecule has 0 atom stereocenters. The summed E-state index contributed by atoms with van der Waals surface area (Å²) < 4.78 is 0.839. The van der Waals surface area contributed by atoms with Crippen molar-refractivity contribution in [3.63, 3.8) is 0 Å². The first-order chi connectivity index (χ1) is 19.3. The van der Waals surface area contributed by atoms with Crippen molar-refractivity contribution >= 4 is 113 Å². The van der Waals surface area contributed by atoms with Crippen LogP contribution in [0.15, 0.2) is 33.0 Å². The van der Waals surface area contributed by atoms with Gasteiger partial charge in [-0.25, -0.2) is 9.97 Å². The van der Waals surface area contributed by atoms with Crippen molar-refractivity contribution in [2.24, 2.45) is 0 Å². The highest BCUT2D eigenvalue weighted by Gasteiger charge is 2.41. The van der Waals surface area contributed by atoms with Gasteiger partial charge in [0.1, 0.15) is 8.64 Å². The van der Waals surface area contributed by atoms with Crippen LogP contribution in [0.1, 0.15) is 51.4 Å². The molecular formula is C24H26N6O4S6. The lowest BCUT2D eigenvalue weighted by Gasteiger charge is -2.14. The second-order valence-corrected chi connectivity index (χ2v) is 13.8. The van der Waals surface area contributed by atoms with Crippen LogP contribution in [-0.2, 0) is 19.2 Å². The smallest absolute Gasteiger partial charge is 0.267 e. The third-order valence-corrected chi connectivity index (χ3v) is 10.2. The summed E-state index contributed by atoms with van der Waals surface area (Å²) in [7, 11) is 0. The van der Waals surface area contributed by atoms with Crippen LogP contribution in [-0.4, -0.2) is 65.1 Å². The Bertz CT molecular complexity index is 1200. The van der Waals surface area contributed by atoms with Crippen molar-refractivity contribution in [1.29, 1.82) is 0 Å². The van der Waals surface area contributed by atoms with Gasteiger partial charge >= 0.3 is 0 Å². The fourth-order valence-corrected chi connectivity index (χ4v) is 7.72. The minimum Gasteiger partial charge on any atom is -0.302 e. The lowest BCUT2D eigenvalue weighted by molar-refractivity contribution is -0.124. The van der Waals surface area contributed by atoms with Gasteiger partial charge in [-0.05, 0) is 25.7 Å². The topological polar surface area (TPSA) is 125 Å². The largest absolute Gasteiger partial charge is 0.302 e. The van der Waals surface area contributed by atoms with Crippen LogP contribution in [0.25, 0.3) is 0 Å². The Balaban J connectivity index is 1.18. The van der Waals surface area contributed by atoms with Crippen molar-refractivity contribution in [1.82, 2.24) is 19.8 Å². The molecular weight excluding hydrogens is 629 g/mol. The van der Waals surface area contributed by atoms with Crippen molar-refractivity contribution < 1.29 is 19.2 Å². The van der Waals surface area contributed by atoms with E-state index in [2.05, 4.69) is 20.6 Å². The zero-order valence-corrected chi connectivity index (χ0v) is 26.2. The number of hydrogen-bond donors (Lipinski definition) is 2. The number of nitrogens with one attached hydrogen (secondary N) is 2. The van der Waals surface area contributed by atoms with Gasteiger partial charge in [-0.2, -0.15) is 0 Å². The molecule has 2 fully saturated rings. The van der Waals surface area contributed by atoms with Gasteiger partial charge in [0.15, 0.2) is 10.3 Å². The quantitative estimate of drug-likeness (QED) is 0.159. The molecule has 40 heavy (non-hydrogen) atoms. The first kappa shape index (κ1) is 30.7. The van der Waals surface area contributed by atoms with E-state index in [0.29, 0.717) is 80.3 Å². The summed E-state index contributed by atoms with van der Waals surface area (Å²) in [5.74, 6) is -0.717. The van der Waals surface area contributed by atoms with E-state index in [0.717, 1.165) is 36.4 Å². The molecule has 0 saturated carbocycles. The molecule has 2 aromatic heterocycles. The van der Waals surface area contributed by atoms with E-state index in [9.17, 15) is 19.2 Å². The SMILES string of the molecule is O=C(CCCCCN1C(=O)/C(=C2\SC(=S)N(CCCCCC(=O)Nc3nccs3)C2=O)SC1=S)Nc1nccs1. The predicted octanol–water partition coefficient (Wildman–Crippen LogP) is 5.23. The Hall–Kier alpha value is -2.24. The summed E-state index contributed by atoms with van der Waals surface area (Å²) in [5.41, 5.74) is 0. The molecule has 212 valence electrons. The molecule has 0 bridgehead atoms. The van der Waals surface area contributed by atoms with Crippen LogP contribution >= 0.6 is 70.6 Å². The number of nitrogens with zero attached hydrogens (tertiary/aromatic N) is 4. The highest BCUT2D eigenvalue weighted by molar-refractivity contribution is 8.29. The van der Waals surface area contributed by atoms with E-state index in [1.165, 1.54) is 32.5 Å². The number of carbonyl (C=O) groups excluding carboxylic acids is 4. The summed E-state index contributed by atoms with van der Waals surface area (Å²) in [6, 6.07) is 0. The first-order valence-corrected chi connectivity index (χ1v) is 16.7. The number of rotatable bonds is 14. The van der Waals surface area contributed by atoms with Gasteiger partial charge in [0.25, 0.3) is 11.8 Å². The Labute approximate surface area is 258 Å². The van der Waals surface area contributed by atoms with Crippen LogP contribution < -0.4 is 10.6 Å². The lowest BCUT2D eigenvalue weighted by atomic mass is 10.2. The van der Waals surface area contributed by atoms with Gasteiger partial charge in [-0.1, -0.05) is 60.8 Å². The van der Waals surface area contributed by atoms with Crippen LogP contribution in [0.4, 0.5) is 10.3 Å². The molecule has 2 aromatic rings.